The van der Waals surface area contributed by atoms with E-state index in [0.29, 0.717) is 26.2 Å². The molecule has 2 fully saturated rings. The Balaban J connectivity index is 1.30. The van der Waals surface area contributed by atoms with Crippen molar-refractivity contribution in [3.05, 3.63) is 59.7 Å². The summed E-state index contributed by atoms with van der Waals surface area (Å²) in [5.41, 5.74) is 4.95. The molecule has 0 radical (unpaired) electrons. The second-order valence-corrected chi connectivity index (χ2v) is 8.11. The van der Waals surface area contributed by atoms with Gasteiger partial charge in [0, 0.05) is 63.7 Å². The van der Waals surface area contributed by atoms with Gasteiger partial charge in [0.2, 0.25) is 0 Å². The van der Waals surface area contributed by atoms with Crippen molar-refractivity contribution in [3.8, 4) is 0 Å². The van der Waals surface area contributed by atoms with Crippen LogP contribution in [0.15, 0.2) is 48.5 Å². The molecule has 2 aromatic rings. The summed E-state index contributed by atoms with van der Waals surface area (Å²) in [5.74, 6) is -0.716. The number of carbonyl (C=O) groups is 2. The number of anilines is 2. The maximum absolute atomic E-state index is 12.8. The monoisotopic (exact) mass is 406 g/mol. The number of hydrogen-bond acceptors (Lipinski definition) is 4. The summed E-state index contributed by atoms with van der Waals surface area (Å²) in [7, 11) is 0. The van der Waals surface area contributed by atoms with Crippen molar-refractivity contribution >= 4 is 23.2 Å². The number of nitrogens with zero attached hydrogens (tertiary/aromatic N) is 4. The number of para-hydroxylation sites is 1. The number of amides is 2. The van der Waals surface area contributed by atoms with Crippen molar-refractivity contribution in [1.82, 2.24) is 9.80 Å². The standard InChI is InChI=1S/C24H30N4O2/c1-19-7-6-10-22(20(19)2)26-13-17-28(18-14-26)24(30)23(29)27-15-11-25(12-16-27)21-8-4-3-5-9-21/h3-10H,11-18H2,1-2H3. The van der Waals surface area contributed by atoms with Gasteiger partial charge in [0.1, 0.15) is 0 Å². The van der Waals surface area contributed by atoms with E-state index in [1.807, 2.05) is 18.2 Å². The molecule has 0 aliphatic carbocycles. The lowest BCUT2D eigenvalue weighted by atomic mass is 10.1. The molecule has 0 atom stereocenters. The summed E-state index contributed by atoms with van der Waals surface area (Å²) in [4.78, 5) is 33.6. The van der Waals surface area contributed by atoms with E-state index >= 15 is 0 Å². The topological polar surface area (TPSA) is 47.1 Å². The molecule has 6 nitrogen and oxygen atoms in total. The fourth-order valence-corrected chi connectivity index (χ4v) is 4.31. The molecule has 0 unspecified atom stereocenters. The largest absolute Gasteiger partial charge is 0.368 e. The molecule has 2 amide bonds. The smallest absolute Gasteiger partial charge is 0.312 e. The van der Waals surface area contributed by atoms with Gasteiger partial charge in [-0.3, -0.25) is 9.59 Å². The molecule has 30 heavy (non-hydrogen) atoms. The van der Waals surface area contributed by atoms with E-state index in [1.165, 1.54) is 22.5 Å². The minimum atomic E-state index is -0.358. The molecule has 2 aliphatic rings. The minimum absolute atomic E-state index is 0.358. The second-order valence-electron chi connectivity index (χ2n) is 8.11. The van der Waals surface area contributed by atoms with E-state index in [0.717, 1.165) is 26.2 Å². The zero-order valence-corrected chi connectivity index (χ0v) is 17.9. The van der Waals surface area contributed by atoms with E-state index in [-0.39, 0.29) is 11.8 Å². The van der Waals surface area contributed by atoms with Gasteiger partial charge in [-0.15, -0.1) is 0 Å². The fraction of sp³-hybridized carbons (Fsp3) is 0.417. The Bertz CT molecular complexity index is 899. The van der Waals surface area contributed by atoms with Crippen LogP contribution in [0.4, 0.5) is 11.4 Å². The lowest BCUT2D eigenvalue weighted by Gasteiger charge is -2.39. The number of benzene rings is 2. The Kier molecular flexibility index (Phi) is 5.93. The third-order valence-electron chi connectivity index (χ3n) is 6.35. The summed E-state index contributed by atoms with van der Waals surface area (Å²) in [6.45, 7) is 9.62. The van der Waals surface area contributed by atoms with Gasteiger partial charge in [-0.1, -0.05) is 30.3 Å². The molecule has 2 heterocycles. The van der Waals surface area contributed by atoms with Crippen molar-refractivity contribution in [2.24, 2.45) is 0 Å². The van der Waals surface area contributed by atoms with Crippen molar-refractivity contribution in [2.45, 2.75) is 13.8 Å². The predicted octanol–water partition coefficient (Wildman–Crippen LogP) is 2.30. The van der Waals surface area contributed by atoms with Crippen LogP contribution < -0.4 is 9.80 Å². The third kappa shape index (κ3) is 4.13. The van der Waals surface area contributed by atoms with Crippen LogP contribution in [0.1, 0.15) is 11.1 Å². The molecule has 2 aromatic carbocycles. The third-order valence-corrected chi connectivity index (χ3v) is 6.35. The summed E-state index contributed by atoms with van der Waals surface area (Å²) in [5, 5.41) is 0. The number of hydrogen-bond donors (Lipinski definition) is 0. The van der Waals surface area contributed by atoms with Crippen LogP contribution in [0.25, 0.3) is 0 Å². The molecule has 0 N–H and O–H groups in total. The number of rotatable bonds is 2. The lowest BCUT2D eigenvalue weighted by molar-refractivity contribution is -0.152. The summed E-state index contributed by atoms with van der Waals surface area (Å²) < 4.78 is 0. The van der Waals surface area contributed by atoms with Gasteiger partial charge in [0.05, 0.1) is 0 Å². The number of piperazine rings is 2. The highest BCUT2D eigenvalue weighted by atomic mass is 16.2. The van der Waals surface area contributed by atoms with Crippen molar-refractivity contribution in [3.63, 3.8) is 0 Å². The molecule has 0 bridgehead atoms. The maximum Gasteiger partial charge on any atom is 0.312 e. The van der Waals surface area contributed by atoms with E-state index in [4.69, 9.17) is 0 Å². The first kappa shape index (κ1) is 20.3. The molecule has 158 valence electrons. The Labute approximate surface area is 178 Å². The van der Waals surface area contributed by atoms with Crippen LogP contribution in [0, 0.1) is 13.8 Å². The summed E-state index contributed by atoms with van der Waals surface area (Å²) in [6, 6.07) is 16.5. The molecule has 4 rings (SSSR count). The highest BCUT2D eigenvalue weighted by molar-refractivity contribution is 6.35. The van der Waals surface area contributed by atoms with Crippen LogP contribution >= 0.6 is 0 Å². The summed E-state index contributed by atoms with van der Waals surface area (Å²) in [6.07, 6.45) is 0. The first-order valence-corrected chi connectivity index (χ1v) is 10.7. The van der Waals surface area contributed by atoms with Crippen LogP contribution in [0.2, 0.25) is 0 Å². The van der Waals surface area contributed by atoms with Gasteiger partial charge in [0.15, 0.2) is 0 Å². The zero-order chi connectivity index (χ0) is 21.1. The first-order valence-electron chi connectivity index (χ1n) is 10.7. The minimum Gasteiger partial charge on any atom is -0.368 e. The van der Waals surface area contributed by atoms with E-state index < -0.39 is 0 Å². The second kappa shape index (κ2) is 8.78. The molecule has 2 saturated heterocycles. The molecule has 0 spiro atoms. The van der Waals surface area contributed by atoms with Gasteiger partial charge in [-0.25, -0.2) is 0 Å². The van der Waals surface area contributed by atoms with E-state index in [9.17, 15) is 9.59 Å². The first-order chi connectivity index (χ1) is 14.5. The molecule has 6 heteroatoms. The van der Waals surface area contributed by atoms with E-state index in [1.54, 1.807) is 9.80 Å². The zero-order valence-electron chi connectivity index (χ0n) is 17.9. The normalized spacial score (nSPS) is 17.3. The SMILES string of the molecule is Cc1cccc(N2CCN(C(=O)C(=O)N3CCN(c4ccccc4)CC3)CC2)c1C. The quantitative estimate of drug-likeness (QED) is 0.718. The van der Waals surface area contributed by atoms with Gasteiger partial charge >= 0.3 is 11.8 Å². The van der Waals surface area contributed by atoms with Gasteiger partial charge in [-0.2, -0.15) is 0 Å². The Morgan fingerprint density at radius 1 is 0.633 bits per heavy atom. The summed E-state index contributed by atoms with van der Waals surface area (Å²) >= 11 is 0. The molecular weight excluding hydrogens is 376 g/mol. The lowest BCUT2D eigenvalue weighted by Crippen LogP contribution is -2.56. The van der Waals surface area contributed by atoms with Gasteiger partial charge < -0.3 is 19.6 Å². The highest BCUT2D eigenvalue weighted by Gasteiger charge is 2.31. The number of aryl methyl sites for hydroxylation is 1. The molecule has 0 aromatic heterocycles. The van der Waals surface area contributed by atoms with Crippen LogP contribution in [-0.2, 0) is 9.59 Å². The molecule has 2 aliphatic heterocycles. The fourth-order valence-electron chi connectivity index (χ4n) is 4.31. The maximum atomic E-state index is 12.8. The average molecular weight is 407 g/mol. The molecule has 0 saturated carbocycles. The Hall–Kier alpha value is -3.02. The Morgan fingerprint density at radius 2 is 1.17 bits per heavy atom. The number of carbonyl (C=O) groups excluding carboxylic acids is 2. The molecular formula is C24H30N4O2. The average Bonchev–Trinajstić information content (AvgIpc) is 2.81. The van der Waals surface area contributed by atoms with Gasteiger partial charge in [0.25, 0.3) is 0 Å². The predicted molar refractivity (Wildman–Crippen MR) is 120 cm³/mol. The van der Waals surface area contributed by atoms with Crippen LogP contribution in [0.3, 0.4) is 0 Å². The van der Waals surface area contributed by atoms with Crippen LogP contribution in [-0.4, -0.2) is 74.0 Å². The van der Waals surface area contributed by atoms with E-state index in [2.05, 4.69) is 54.0 Å². The Morgan fingerprint density at radius 3 is 1.73 bits per heavy atom. The van der Waals surface area contributed by atoms with Crippen molar-refractivity contribution in [1.29, 1.82) is 0 Å². The van der Waals surface area contributed by atoms with Crippen molar-refractivity contribution < 1.29 is 9.59 Å². The van der Waals surface area contributed by atoms with Crippen LogP contribution in [0.5, 0.6) is 0 Å². The van der Waals surface area contributed by atoms with Gasteiger partial charge in [-0.05, 0) is 43.2 Å². The van der Waals surface area contributed by atoms with Crippen molar-refractivity contribution in [2.75, 3.05) is 62.2 Å². The highest BCUT2D eigenvalue weighted by Crippen LogP contribution is 2.24.